The molecule has 5 nitrogen and oxygen atoms in total. The van der Waals surface area contributed by atoms with Gasteiger partial charge in [-0.3, -0.25) is 0 Å². The molecule has 6 heteroatoms. The summed E-state index contributed by atoms with van der Waals surface area (Å²) in [5.74, 6) is 0.688. The predicted octanol–water partition coefficient (Wildman–Crippen LogP) is 2.99. The van der Waals surface area contributed by atoms with E-state index >= 15 is 0 Å². The summed E-state index contributed by atoms with van der Waals surface area (Å²) < 4.78 is 33.1. The van der Waals surface area contributed by atoms with E-state index in [1.54, 1.807) is 43.6 Å². The first kappa shape index (κ1) is 17.5. The van der Waals surface area contributed by atoms with Gasteiger partial charge in [-0.2, -0.15) is 0 Å². The van der Waals surface area contributed by atoms with Crippen LogP contribution in [0, 0.1) is 0 Å². The van der Waals surface area contributed by atoms with Gasteiger partial charge in [-0.1, -0.05) is 24.3 Å². The smallest absolute Gasteiger partial charge is 0.268 e. The molecular formula is C19H22N2O3S. The van der Waals surface area contributed by atoms with E-state index in [0.717, 1.165) is 23.9 Å². The molecule has 0 amide bonds. The van der Waals surface area contributed by atoms with Gasteiger partial charge >= 0.3 is 0 Å². The van der Waals surface area contributed by atoms with Crippen LogP contribution in [-0.4, -0.2) is 45.0 Å². The third kappa shape index (κ3) is 3.27. The largest absolute Gasteiger partial charge is 0.496 e. The minimum absolute atomic E-state index is 0.272. The summed E-state index contributed by atoms with van der Waals surface area (Å²) in [6.45, 7) is 0.822. The zero-order valence-corrected chi connectivity index (χ0v) is 15.5. The molecule has 0 bridgehead atoms. The van der Waals surface area contributed by atoms with Crippen LogP contribution in [0.5, 0.6) is 5.75 Å². The van der Waals surface area contributed by atoms with E-state index in [0.29, 0.717) is 11.3 Å². The maximum atomic E-state index is 13.1. The highest BCUT2D eigenvalue weighted by Gasteiger charge is 2.22. The van der Waals surface area contributed by atoms with Gasteiger partial charge < -0.3 is 9.64 Å². The molecule has 0 saturated carbocycles. The van der Waals surface area contributed by atoms with Gasteiger partial charge in [0.1, 0.15) is 5.75 Å². The highest BCUT2D eigenvalue weighted by atomic mass is 32.2. The molecule has 0 N–H and O–H groups in total. The lowest BCUT2D eigenvalue weighted by atomic mass is 10.1. The average Bonchev–Trinajstić information content (AvgIpc) is 3.00. The normalized spacial score (nSPS) is 12.0. The molecule has 1 aromatic heterocycles. The molecule has 0 fully saturated rings. The number of benzene rings is 2. The van der Waals surface area contributed by atoms with Crippen LogP contribution >= 0.6 is 0 Å². The second kappa shape index (κ2) is 6.90. The highest BCUT2D eigenvalue weighted by molar-refractivity contribution is 7.90. The van der Waals surface area contributed by atoms with Gasteiger partial charge in [-0.05, 0) is 50.3 Å². The van der Waals surface area contributed by atoms with Crippen LogP contribution < -0.4 is 4.74 Å². The van der Waals surface area contributed by atoms with Gasteiger partial charge in [-0.15, -0.1) is 0 Å². The van der Waals surface area contributed by atoms with E-state index in [-0.39, 0.29) is 4.90 Å². The Labute approximate surface area is 148 Å². The van der Waals surface area contributed by atoms with Gasteiger partial charge in [0.15, 0.2) is 0 Å². The van der Waals surface area contributed by atoms with E-state index in [2.05, 4.69) is 4.90 Å². The second-order valence-corrected chi connectivity index (χ2v) is 7.99. The first-order valence-corrected chi connectivity index (χ1v) is 9.51. The summed E-state index contributed by atoms with van der Waals surface area (Å²) >= 11 is 0. The van der Waals surface area contributed by atoms with Crippen molar-refractivity contribution in [3.63, 3.8) is 0 Å². The number of ether oxygens (including phenoxy) is 1. The number of likely N-dealkylation sites (N-methyl/N-ethyl adjacent to an activating group) is 1. The summed E-state index contributed by atoms with van der Waals surface area (Å²) in [6.07, 6.45) is 2.46. The fourth-order valence-corrected chi connectivity index (χ4v) is 4.32. The molecule has 0 unspecified atom stereocenters. The number of nitrogens with zero attached hydrogens (tertiary/aromatic N) is 2. The molecule has 0 atom stereocenters. The van der Waals surface area contributed by atoms with Crippen LogP contribution in [0.3, 0.4) is 0 Å². The topological polar surface area (TPSA) is 51.5 Å². The number of aromatic nitrogens is 1. The van der Waals surface area contributed by atoms with E-state index in [1.807, 2.05) is 32.3 Å². The minimum atomic E-state index is -3.66. The third-order valence-corrected chi connectivity index (χ3v) is 5.87. The molecular weight excluding hydrogens is 336 g/mol. The van der Waals surface area contributed by atoms with Crippen LogP contribution in [-0.2, 0) is 16.4 Å². The summed E-state index contributed by atoms with van der Waals surface area (Å²) in [5, 5.41) is 0.853. The third-order valence-electron chi connectivity index (χ3n) is 4.18. The number of fused-ring (bicyclic) bond motifs is 1. The van der Waals surface area contributed by atoms with Crippen molar-refractivity contribution in [1.29, 1.82) is 0 Å². The monoisotopic (exact) mass is 358 g/mol. The maximum Gasteiger partial charge on any atom is 0.268 e. The molecule has 3 rings (SSSR count). The quantitative estimate of drug-likeness (QED) is 0.680. The Morgan fingerprint density at radius 1 is 1.04 bits per heavy atom. The first-order chi connectivity index (χ1) is 11.9. The Morgan fingerprint density at radius 3 is 2.40 bits per heavy atom. The number of hydrogen-bond donors (Lipinski definition) is 0. The van der Waals surface area contributed by atoms with E-state index in [4.69, 9.17) is 4.74 Å². The van der Waals surface area contributed by atoms with Gasteiger partial charge in [0.2, 0.25) is 0 Å². The Kier molecular flexibility index (Phi) is 4.83. The average molecular weight is 358 g/mol. The van der Waals surface area contributed by atoms with Crippen LogP contribution in [0.25, 0.3) is 10.9 Å². The van der Waals surface area contributed by atoms with E-state index in [1.165, 1.54) is 3.97 Å². The van der Waals surface area contributed by atoms with Gasteiger partial charge in [0.25, 0.3) is 10.0 Å². The molecule has 0 aliphatic rings. The van der Waals surface area contributed by atoms with Gasteiger partial charge in [-0.25, -0.2) is 12.4 Å². The summed E-state index contributed by atoms with van der Waals surface area (Å²) in [5.41, 5.74) is 1.60. The van der Waals surface area contributed by atoms with E-state index in [9.17, 15) is 8.42 Å². The van der Waals surface area contributed by atoms with Crippen molar-refractivity contribution in [1.82, 2.24) is 8.87 Å². The Morgan fingerprint density at radius 2 is 1.76 bits per heavy atom. The van der Waals surface area contributed by atoms with Crippen LogP contribution in [0.15, 0.2) is 59.6 Å². The lowest BCUT2D eigenvalue weighted by molar-refractivity contribution is 0.411. The highest BCUT2D eigenvalue weighted by Crippen LogP contribution is 2.33. The second-order valence-electron chi connectivity index (χ2n) is 6.18. The molecule has 1 heterocycles. The van der Waals surface area contributed by atoms with Crippen molar-refractivity contribution in [3.8, 4) is 5.75 Å². The number of methoxy groups -OCH3 is 1. The van der Waals surface area contributed by atoms with Crippen molar-refractivity contribution in [3.05, 3.63) is 60.3 Å². The minimum Gasteiger partial charge on any atom is -0.496 e. The molecule has 0 aliphatic heterocycles. The molecule has 3 aromatic rings. The van der Waals surface area contributed by atoms with Crippen LogP contribution in [0.2, 0.25) is 0 Å². The lowest BCUT2D eigenvalue weighted by Gasteiger charge is -2.09. The Balaban J connectivity index is 2.23. The fraction of sp³-hybridized carbons (Fsp3) is 0.263. The molecule has 0 saturated heterocycles. The molecule has 25 heavy (non-hydrogen) atoms. The summed E-state index contributed by atoms with van der Waals surface area (Å²) in [4.78, 5) is 2.35. The van der Waals surface area contributed by atoms with Crippen molar-refractivity contribution in [2.24, 2.45) is 0 Å². The maximum absolute atomic E-state index is 13.1. The first-order valence-electron chi connectivity index (χ1n) is 8.07. The SMILES string of the molecule is COc1cccc2c1c(CCN(C)C)cn2S(=O)(=O)c1ccccc1. The number of rotatable bonds is 6. The van der Waals surface area contributed by atoms with Crippen LogP contribution in [0.1, 0.15) is 5.56 Å². The number of hydrogen-bond acceptors (Lipinski definition) is 4. The van der Waals surface area contributed by atoms with Crippen molar-refractivity contribution < 1.29 is 13.2 Å². The lowest BCUT2D eigenvalue weighted by Crippen LogP contribution is -2.15. The predicted molar refractivity (Wildman–Crippen MR) is 99.8 cm³/mol. The van der Waals surface area contributed by atoms with Crippen molar-refractivity contribution in [2.75, 3.05) is 27.7 Å². The van der Waals surface area contributed by atoms with Gasteiger partial charge in [0, 0.05) is 18.1 Å². The van der Waals surface area contributed by atoms with Crippen LogP contribution in [0.4, 0.5) is 0 Å². The summed E-state index contributed by atoms with van der Waals surface area (Å²) in [6, 6.07) is 14.0. The van der Waals surface area contributed by atoms with E-state index < -0.39 is 10.0 Å². The molecule has 0 radical (unpaired) electrons. The Hall–Kier alpha value is -2.31. The molecule has 2 aromatic carbocycles. The van der Waals surface area contributed by atoms with Gasteiger partial charge in [0.05, 0.1) is 17.5 Å². The molecule has 0 spiro atoms. The zero-order valence-electron chi connectivity index (χ0n) is 14.6. The standard InChI is InChI=1S/C19H22N2O3S/c1-20(2)13-12-15-14-21(17-10-7-11-18(24-3)19(15)17)25(22,23)16-8-5-4-6-9-16/h4-11,14H,12-13H2,1-3H3. The zero-order chi connectivity index (χ0) is 18.0. The molecule has 132 valence electrons. The van der Waals surface area contributed by atoms with Crippen molar-refractivity contribution in [2.45, 2.75) is 11.3 Å². The fourth-order valence-electron chi connectivity index (χ4n) is 2.91. The summed E-state index contributed by atoms with van der Waals surface area (Å²) in [7, 11) is 1.94. The van der Waals surface area contributed by atoms with Crippen molar-refractivity contribution >= 4 is 20.9 Å². The Bertz CT molecular complexity index is 977. The molecule has 0 aliphatic carbocycles.